The molecule has 1 aromatic heterocycles. The molecular formula is C10H14N2OS. The van der Waals surface area contributed by atoms with Crippen molar-refractivity contribution in [2.45, 2.75) is 30.0 Å². The van der Waals surface area contributed by atoms with Crippen LogP contribution in [0.4, 0.5) is 0 Å². The lowest BCUT2D eigenvalue weighted by atomic mass is 10.2. The first-order valence-electron chi connectivity index (χ1n) is 4.87. The Labute approximate surface area is 88.3 Å². The topological polar surface area (TPSA) is 35.0 Å². The molecule has 0 N–H and O–H groups in total. The van der Waals surface area contributed by atoms with Crippen LogP contribution < -0.4 is 0 Å². The van der Waals surface area contributed by atoms with Crippen molar-refractivity contribution >= 4 is 11.8 Å². The summed E-state index contributed by atoms with van der Waals surface area (Å²) in [5, 5.41) is 1.75. The lowest BCUT2D eigenvalue weighted by Crippen LogP contribution is -2.17. The van der Waals surface area contributed by atoms with Gasteiger partial charge in [0.15, 0.2) is 0 Å². The van der Waals surface area contributed by atoms with Gasteiger partial charge < -0.3 is 4.74 Å². The van der Waals surface area contributed by atoms with E-state index in [1.165, 1.54) is 0 Å². The molecule has 4 heteroatoms. The minimum atomic E-state index is 0.665. The highest BCUT2D eigenvalue weighted by molar-refractivity contribution is 7.99. The van der Waals surface area contributed by atoms with E-state index >= 15 is 0 Å². The molecule has 1 aliphatic heterocycles. The smallest absolute Gasteiger partial charge is 0.116 e. The fourth-order valence-electron chi connectivity index (χ4n) is 1.46. The molecule has 1 fully saturated rings. The van der Waals surface area contributed by atoms with Crippen molar-refractivity contribution in [1.29, 1.82) is 0 Å². The number of nitrogens with zero attached hydrogens (tertiary/aromatic N) is 2. The summed E-state index contributed by atoms with van der Waals surface area (Å²) < 4.78 is 5.32. The Bertz CT molecular complexity index is 300. The number of aromatic nitrogens is 2. The van der Waals surface area contributed by atoms with Crippen LogP contribution in [-0.2, 0) is 4.74 Å². The lowest BCUT2D eigenvalue weighted by Gasteiger charge is -2.20. The second kappa shape index (κ2) is 4.75. The van der Waals surface area contributed by atoms with Crippen LogP contribution >= 0.6 is 11.8 Å². The van der Waals surface area contributed by atoms with E-state index in [-0.39, 0.29) is 0 Å². The zero-order valence-corrected chi connectivity index (χ0v) is 9.09. The quantitative estimate of drug-likeness (QED) is 0.700. The molecule has 0 bridgehead atoms. The largest absolute Gasteiger partial charge is 0.381 e. The summed E-state index contributed by atoms with van der Waals surface area (Å²) in [5.41, 5.74) is 1.04. The number of aryl methyl sites for hydroxylation is 1. The molecule has 1 aromatic rings. The van der Waals surface area contributed by atoms with Crippen molar-refractivity contribution in [3.8, 4) is 0 Å². The van der Waals surface area contributed by atoms with Gasteiger partial charge in [0.2, 0.25) is 0 Å². The lowest BCUT2D eigenvalue weighted by molar-refractivity contribution is 0.1000. The summed E-state index contributed by atoms with van der Waals surface area (Å²) in [6, 6.07) is 2.04. The molecule has 0 aromatic carbocycles. The van der Waals surface area contributed by atoms with Crippen LogP contribution in [0.3, 0.4) is 0 Å². The van der Waals surface area contributed by atoms with Crippen LogP contribution in [-0.4, -0.2) is 28.4 Å². The summed E-state index contributed by atoms with van der Waals surface area (Å²) in [7, 11) is 0. The standard InChI is InChI=1S/C10H14N2OS/c1-8-6-10(12-7-11-8)14-9-2-4-13-5-3-9/h6-7,9H,2-5H2,1H3. The molecule has 2 heterocycles. The van der Waals surface area contributed by atoms with Crippen LogP contribution in [0.15, 0.2) is 17.4 Å². The van der Waals surface area contributed by atoms with Crippen LogP contribution in [0.25, 0.3) is 0 Å². The molecule has 3 nitrogen and oxygen atoms in total. The van der Waals surface area contributed by atoms with E-state index in [4.69, 9.17) is 4.74 Å². The van der Waals surface area contributed by atoms with Crippen LogP contribution in [0.5, 0.6) is 0 Å². The number of thioether (sulfide) groups is 1. The first kappa shape index (κ1) is 9.93. The molecule has 76 valence electrons. The Hall–Kier alpha value is -0.610. The van der Waals surface area contributed by atoms with Crippen molar-refractivity contribution < 1.29 is 4.74 Å². The molecule has 0 spiro atoms. The van der Waals surface area contributed by atoms with E-state index in [1.807, 2.05) is 24.8 Å². The van der Waals surface area contributed by atoms with Crippen LogP contribution in [0.2, 0.25) is 0 Å². The van der Waals surface area contributed by atoms with Gasteiger partial charge in [-0.3, -0.25) is 0 Å². The van der Waals surface area contributed by atoms with Gasteiger partial charge in [0.25, 0.3) is 0 Å². The molecule has 0 saturated carbocycles. The van der Waals surface area contributed by atoms with Gasteiger partial charge in [-0.1, -0.05) is 0 Å². The SMILES string of the molecule is Cc1cc(SC2CCOCC2)ncn1. The Morgan fingerprint density at radius 2 is 2.14 bits per heavy atom. The van der Waals surface area contributed by atoms with Crippen LogP contribution in [0, 0.1) is 6.92 Å². The van der Waals surface area contributed by atoms with Crippen molar-refractivity contribution in [1.82, 2.24) is 9.97 Å². The molecule has 0 aliphatic carbocycles. The van der Waals surface area contributed by atoms with Gasteiger partial charge >= 0.3 is 0 Å². The maximum atomic E-state index is 5.32. The Morgan fingerprint density at radius 3 is 2.86 bits per heavy atom. The van der Waals surface area contributed by atoms with Crippen molar-refractivity contribution in [2.75, 3.05) is 13.2 Å². The molecule has 1 aliphatic rings. The second-order valence-electron chi connectivity index (χ2n) is 3.43. The van der Waals surface area contributed by atoms with Gasteiger partial charge in [-0.25, -0.2) is 9.97 Å². The zero-order chi connectivity index (χ0) is 9.80. The van der Waals surface area contributed by atoms with E-state index in [0.717, 1.165) is 36.8 Å². The maximum absolute atomic E-state index is 5.32. The summed E-state index contributed by atoms with van der Waals surface area (Å²) in [5.74, 6) is 0. The second-order valence-corrected chi connectivity index (χ2v) is 4.75. The highest BCUT2D eigenvalue weighted by Crippen LogP contribution is 2.27. The summed E-state index contributed by atoms with van der Waals surface area (Å²) >= 11 is 1.85. The molecule has 14 heavy (non-hydrogen) atoms. The Balaban J connectivity index is 1.95. The summed E-state index contributed by atoms with van der Waals surface area (Å²) in [4.78, 5) is 8.33. The maximum Gasteiger partial charge on any atom is 0.116 e. The number of ether oxygens (including phenoxy) is 1. The van der Waals surface area contributed by atoms with E-state index in [1.54, 1.807) is 6.33 Å². The molecule has 0 unspecified atom stereocenters. The van der Waals surface area contributed by atoms with Crippen molar-refractivity contribution in [3.63, 3.8) is 0 Å². The van der Waals surface area contributed by atoms with Gasteiger partial charge in [-0.15, -0.1) is 11.8 Å². The van der Waals surface area contributed by atoms with Crippen LogP contribution in [0.1, 0.15) is 18.5 Å². The molecule has 0 amide bonds. The van der Waals surface area contributed by atoms with E-state index < -0.39 is 0 Å². The number of hydrogen-bond acceptors (Lipinski definition) is 4. The van der Waals surface area contributed by atoms with Gasteiger partial charge in [-0.2, -0.15) is 0 Å². The fraction of sp³-hybridized carbons (Fsp3) is 0.600. The summed E-state index contributed by atoms with van der Waals surface area (Å²) in [6.45, 7) is 3.78. The van der Waals surface area contributed by atoms with E-state index in [2.05, 4.69) is 9.97 Å². The van der Waals surface area contributed by atoms with E-state index in [9.17, 15) is 0 Å². The number of rotatable bonds is 2. The highest BCUT2D eigenvalue weighted by Gasteiger charge is 2.15. The van der Waals surface area contributed by atoms with Gasteiger partial charge in [0.1, 0.15) is 6.33 Å². The van der Waals surface area contributed by atoms with Gasteiger partial charge in [0.05, 0.1) is 5.03 Å². The van der Waals surface area contributed by atoms with Crippen molar-refractivity contribution in [2.24, 2.45) is 0 Å². The van der Waals surface area contributed by atoms with Gasteiger partial charge in [0, 0.05) is 24.2 Å². The predicted octanol–water partition coefficient (Wildman–Crippen LogP) is 2.06. The summed E-state index contributed by atoms with van der Waals surface area (Å²) in [6.07, 6.45) is 3.90. The third-order valence-electron chi connectivity index (χ3n) is 2.23. The third kappa shape index (κ3) is 2.69. The average Bonchev–Trinajstić information content (AvgIpc) is 2.19. The zero-order valence-electron chi connectivity index (χ0n) is 8.27. The Kier molecular flexibility index (Phi) is 3.37. The Morgan fingerprint density at radius 1 is 1.36 bits per heavy atom. The minimum absolute atomic E-state index is 0.665. The monoisotopic (exact) mass is 210 g/mol. The van der Waals surface area contributed by atoms with E-state index in [0.29, 0.717) is 5.25 Å². The third-order valence-corrected chi connectivity index (χ3v) is 3.50. The predicted molar refractivity (Wildman–Crippen MR) is 56.5 cm³/mol. The normalized spacial score (nSPS) is 18.4. The molecule has 0 radical (unpaired) electrons. The first-order chi connectivity index (χ1) is 6.84. The van der Waals surface area contributed by atoms with Crippen molar-refractivity contribution in [3.05, 3.63) is 18.1 Å². The minimum Gasteiger partial charge on any atom is -0.381 e. The average molecular weight is 210 g/mol. The van der Waals surface area contributed by atoms with Gasteiger partial charge in [-0.05, 0) is 25.8 Å². The first-order valence-corrected chi connectivity index (χ1v) is 5.75. The molecular weight excluding hydrogens is 196 g/mol. The number of hydrogen-bond donors (Lipinski definition) is 0. The highest BCUT2D eigenvalue weighted by atomic mass is 32.2. The molecule has 2 rings (SSSR count). The fourth-order valence-corrected chi connectivity index (χ4v) is 2.58. The molecule has 1 saturated heterocycles. The molecule has 0 atom stereocenters.